The Morgan fingerprint density at radius 2 is 1.96 bits per heavy atom. The lowest BCUT2D eigenvalue weighted by atomic mass is 9.94. The van der Waals surface area contributed by atoms with E-state index >= 15 is 0 Å². The summed E-state index contributed by atoms with van der Waals surface area (Å²) in [6, 6.07) is 7.05. The van der Waals surface area contributed by atoms with Crippen LogP contribution in [-0.4, -0.2) is 21.0 Å². The zero-order valence-electron chi connectivity index (χ0n) is 15.4. The Balaban J connectivity index is 1.92. The Morgan fingerprint density at radius 1 is 1.19 bits per heavy atom. The number of pyridine rings is 1. The van der Waals surface area contributed by atoms with Crippen molar-refractivity contribution in [2.45, 2.75) is 39.7 Å². The van der Waals surface area contributed by atoms with Crippen LogP contribution in [0.1, 0.15) is 61.6 Å². The van der Waals surface area contributed by atoms with Crippen LogP contribution >= 0.6 is 0 Å². The Morgan fingerprint density at radius 3 is 2.62 bits per heavy atom. The Kier molecular flexibility index (Phi) is 4.93. The maximum absolute atomic E-state index is 12.6. The van der Waals surface area contributed by atoms with Crippen LogP contribution in [0.25, 0.3) is 10.9 Å². The van der Waals surface area contributed by atoms with Crippen molar-refractivity contribution in [1.82, 2.24) is 15.3 Å². The first-order valence-electron chi connectivity index (χ1n) is 8.71. The van der Waals surface area contributed by atoms with Crippen molar-refractivity contribution in [2.75, 3.05) is 0 Å². The molecule has 0 spiro atoms. The van der Waals surface area contributed by atoms with Gasteiger partial charge < -0.3 is 14.8 Å². The van der Waals surface area contributed by atoms with E-state index in [9.17, 15) is 9.90 Å². The van der Waals surface area contributed by atoms with Crippen LogP contribution in [0.3, 0.4) is 0 Å². The zero-order chi connectivity index (χ0) is 18.8. The minimum Gasteiger partial charge on any atom is -0.505 e. The predicted octanol–water partition coefficient (Wildman–Crippen LogP) is 4.18. The second-order valence-electron chi connectivity index (χ2n) is 7.00. The maximum atomic E-state index is 12.6. The summed E-state index contributed by atoms with van der Waals surface area (Å²) in [6.07, 6.45) is 3.00. The van der Waals surface area contributed by atoms with Crippen LogP contribution in [0.5, 0.6) is 5.75 Å². The van der Waals surface area contributed by atoms with E-state index in [-0.39, 0.29) is 35.2 Å². The van der Waals surface area contributed by atoms with E-state index in [1.54, 1.807) is 6.20 Å². The molecule has 0 aliphatic rings. The van der Waals surface area contributed by atoms with Crippen LogP contribution in [0, 0.1) is 5.92 Å². The number of amides is 1. The molecule has 0 saturated heterocycles. The molecule has 2 N–H and O–H groups in total. The lowest BCUT2D eigenvalue weighted by Gasteiger charge is -2.23. The molecule has 1 aromatic carbocycles. The average Bonchev–Trinajstić information content (AvgIpc) is 3.11. The highest BCUT2D eigenvalue weighted by atomic mass is 16.3. The molecule has 0 bridgehead atoms. The summed E-state index contributed by atoms with van der Waals surface area (Å²) in [5, 5.41) is 14.5. The van der Waals surface area contributed by atoms with E-state index in [0.717, 1.165) is 5.39 Å². The molecule has 1 atom stereocenters. The topological polar surface area (TPSA) is 88.2 Å². The fraction of sp³-hybridized carbons (Fsp3) is 0.350. The molecule has 6 nitrogen and oxygen atoms in total. The number of fused-ring (bicyclic) bond motifs is 1. The van der Waals surface area contributed by atoms with Gasteiger partial charge in [-0.05, 0) is 12.0 Å². The van der Waals surface area contributed by atoms with Crippen molar-refractivity contribution in [2.24, 2.45) is 5.92 Å². The summed E-state index contributed by atoms with van der Waals surface area (Å²) in [5.74, 6) is 0.439. The van der Waals surface area contributed by atoms with Crippen molar-refractivity contribution in [3.8, 4) is 5.75 Å². The second kappa shape index (κ2) is 7.15. The molecule has 3 aromatic rings. The van der Waals surface area contributed by atoms with Gasteiger partial charge in [0.05, 0.1) is 6.04 Å². The van der Waals surface area contributed by atoms with Crippen LogP contribution in [0.2, 0.25) is 0 Å². The average molecular weight is 353 g/mol. The van der Waals surface area contributed by atoms with Crippen LogP contribution < -0.4 is 5.32 Å². The summed E-state index contributed by atoms with van der Waals surface area (Å²) in [4.78, 5) is 21.1. The first-order chi connectivity index (χ1) is 12.4. The van der Waals surface area contributed by atoms with Gasteiger partial charge in [-0.1, -0.05) is 45.9 Å². The van der Waals surface area contributed by atoms with Crippen molar-refractivity contribution in [3.05, 3.63) is 53.9 Å². The van der Waals surface area contributed by atoms with Gasteiger partial charge in [-0.25, -0.2) is 4.98 Å². The molecule has 0 radical (unpaired) electrons. The van der Waals surface area contributed by atoms with E-state index in [0.29, 0.717) is 17.0 Å². The number of carbonyl (C=O) groups excluding carboxylic acids is 1. The fourth-order valence-corrected chi connectivity index (χ4v) is 2.87. The molecule has 0 aliphatic carbocycles. The quantitative estimate of drug-likeness (QED) is 0.718. The summed E-state index contributed by atoms with van der Waals surface area (Å²) in [7, 11) is 0. The number of aromatic nitrogens is 2. The second-order valence-corrected chi connectivity index (χ2v) is 7.00. The molecule has 26 heavy (non-hydrogen) atoms. The summed E-state index contributed by atoms with van der Waals surface area (Å²) in [6.45, 7) is 7.86. The third-order valence-electron chi connectivity index (χ3n) is 4.32. The van der Waals surface area contributed by atoms with Crippen LogP contribution in [0.4, 0.5) is 0 Å². The van der Waals surface area contributed by atoms with E-state index in [2.05, 4.69) is 15.3 Å². The number of aromatic hydroxyl groups is 1. The molecular weight excluding hydrogens is 330 g/mol. The minimum atomic E-state index is -0.381. The predicted molar refractivity (Wildman–Crippen MR) is 99.0 cm³/mol. The summed E-state index contributed by atoms with van der Waals surface area (Å²) < 4.78 is 5.35. The molecular formula is C20H23N3O3. The number of hydrogen-bond donors (Lipinski definition) is 2. The van der Waals surface area contributed by atoms with Gasteiger partial charge in [0, 0.05) is 23.1 Å². The number of hydrogen-bond acceptors (Lipinski definition) is 5. The number of oxazole rings is 1. The molecule has 136 valence electrons. The number of phenols is 1. The van der Waals surface area contributed by atoms with Gasteiger partial charge in [0.15, 0.2) is 11.6 Å². The maximum Gasteiger partial charge on any atom is 0.273 e. The van der Waals surface area contributed by atoms with E-state index < -0.39 is 0 Å². The minimum absolute atomic E-state index is 0.0579. The number of phenolic OH excluding ortho intramolecular Hbond substituents is 1. The lowest BCUT2D eigenvalue weighted by Crippen LogP contribution is -2.32. The largest absolute Gasteiger partial charge is 0.505 e. The number of nitrogens with zero attached hydrogens (tertiary/aromatic N) is 2. The van der Waals surface area contributed by atoms with Gasteiger partial charge in [0.25, 0.3) is 5.91 Å². The summed E-state index contributed by atoms with van der Waals surface area (Å²) in [5.41, 5.74) is 1.39. The summed E-state index contributed by atoms with van der Waals surface area (Å²) >= 11 is 0. The number of nitrogens with one attached hydrogen (secondary N) is 1. The molecule has 2 aromatic heterocycles. The normalized spacial score (nSPS) is 12.7. The molecule has 6 heteroatoms. The zero-order valence-corrected chi connectivity index (χ0v) is 15.4. The number of benzene rings is 1. The molecule has 3 rings (SSSR count). The molecule has 0 fully saturated rings. The monoisotopic (exact) mass is 353 g/mol. The van der Waals surface area contributed by atoms with Gasteiger partial charge in [-0.3, -0.25) is 9.78 Å². The highest BCUT2D eigenvalue weighted by Crippen LogP contribution is 2.34. The first-order valence-corrected chi connectivity index (χ1v) is 8.71. The van der Waals surface area contributed by atoms with Gasteiger partial charge in [-0.15, -0.1) is 0 Å². The molecule has 1 amide bonds. The third-order valence-corrected chi connectivity index (χ3v) is 4.32. The Hall–Kier alpha value is -2.89. The van der Waals surface area contributed by atoms with E-state index in [4.69, 9.17) is 4.42 Å². The van der Waals surface area contributed by atoms with Gasteiger partial charge in [-0.2, -0.15) is 0 Å². The van der Waals surface area contributed by atoms with Crippen molar-refractivity contribution in [1.29, 1.82) is 0 Å². The molecule has 0 aliphatic heterocycles. The van der Waals surface area contributed by atoms with Crippen molar-refractivity contribution >= 4 is 16.8 Å². The molecule has 1 unspecified atom stereocenters. The molecule has 0 saturated carbocycles. The SMILES string of the molecule is CC(C)c1nc(C(=O)NC(c2ccc3cccnc3c2O)C(C)C)co1. The van der Waals surface area contributed by atoms with Gasteiger partial charge >= 0.3 is 0 Å². The van der Waals surface area contributed by atoms with Gasteiger partial charge in [0.1, 0.15) is 17.5 Å². The van der Waals surface area contributed by atoms with Crippen LogP contribution in [-0.2, 0) is 0 Å². The standard InChI is InChI=1S/C20H23N3O3/c1-11(2)16(23-19(25)15-10-26-20(22-15)12(3)4)14-8-7-13-6-5-9-21-17(13)18(14)24/h5-12,16,24H,1-4H3,(H,23,25). The first kappa shape index (κ1) is 17.9. The third kappa shape index (κ3) is 3.40. The van der Waals surface area contributed by atoms with Crippen LogP contribution in [0.15, 0.2) is 41.1 Å². The fourth-order valence-electron chi connectivity index (χ4n) is 2.87. The molecule has 2 heterocycles. The number of rotatable bonds is 5. The Labute approximate surface area is 152 Å². The lowest BCUT2D eigenvalue weighted by molar-refractivity contribution is 0.0920. The smallest absolute Gasteiger partial charge is 0.273 e. The van der Waals surface area contributed by atoms with E-state index in [1.807, 2.05) is 52.0 Å². The van der Waals surface area contributed by atoms with Crippen molar-refractivity contribution in [3.63, 3.8) is 0 Å². The van der Waals surface area contributed by atoms with Crippen molar-refractivity contribution < 1.29 is 14.3 Å². The highest BCUT2D eigenvalue weighted by molar-refractivity contribution is 5.92. The Bertz CT molecular complexity index is 931. The van der Waals surface area contributed by atoms with E-state index in [1.165, 1.54) is 6.26 Å². The number of carbonyl (C=O) groups is 1. The van der Waals surface area contributed by atoms with Gasteiger partial charge in [0.2, 0.25) is 0 Å². The highest BCUT2D eigenvalue weighted by Gasteiger charge is 2.25.